The molecule has 1 aromatic heterocycles. The molecule has 0 N–H and O–H groups in total. The number of hydrogen-bond donors (Lipinski definition) is 0. The van der Waals surface area contributed by atoms with Crippen LogP contribution in [0.3, 0.4) is 0 Å². The number of carbonyl (C=O) groups is 1. The predicted octanol–water partition coefficient (Wildman–Crippen LogP) is 4.52. The lowest BCUT2D eigenvalue weighted by Gasteiger charge is -2.24. The number of hydrogen-bond acceptors (Lipinski definition) is 6. The van der Waals surface area contributed by atoms with E-state index in [1.54, 1.807) is 54.8 Å². The number of fused-ring (bicyclic) bond motifs is 1. The van der Waals surface area contributed by atoms with E-state index in [0.717, 1.165) is 11.1 Å². The van der Waals surface area contributed by atoms with Gasteiger partial charge in [0.25, 0.3) is 5.56 Å². The van der Waals surface area contributed by atoms with Crippen LogP contribution < -0.4 is 19.6 Å². The number of halogens is 1. The first-order valence-corrected chi connectivity index (χ1v) is 13.0. The molecule has 4 aromatic rings. The fourth-order valence-electron chi connectivity index (χ4n) is 4.36. The topological polar surface area (TPSA) is 69.9 Å². The molecule has 38 heavy (non-hydrogen) atoms. The average Bonchev–Trinajstić information content (AvgIpc) is 3.22. The van der Waals surface area contributed by atoms with Crippen molar-refractivity contribution in [2.75, 3.05) is 6.61 Å². The lowest BCUT2D eigenvalue weighted by atomic mass is 9.96. The second-order valence-corrected chi connectivity index (χ2v) is 9.67. The minimum absolute atomic E-state index is 0.0886. The number of aromatic nitrogens is 1. The number of carbonyl (C=O) groups excluding carboxylic acids is 1. The highest BCUT2D eigenvalue weighted by atomic mass is 32.1. The highest BCUT2D eigenvalue weighted by Gasteiger charge is 2.33. The van der Waals surface area contributed by atoms with Crippen LogP contribution in [-0.4, -0.2) is 17.1 Å². The number of allylic oxidation sites excluding steroid dienone is 1. The first kappa shape index (κ1) is 25.4. The van der Waals surface area contributed by atoms with Gasteiger partial charge in [0.2, 0.25) is 0 Å². The maximum atomic E-state index is 14.0. The van der Waals surface area contributed by atoms with Crippen molar-refractivity contribution in [2.45, 2.75) is 26.5 Å². The molecule has 0 aliphatic carbocycles. The van der Waals surface area contributed by atoms with Crippen molar-refractivity contribution in [2.24, 2.45) is 4.99 Å². The molecular formula is C30H25FN2O4S. The molecule has 1 atom stereocenters. The SMILES string of the molecule is CCOC(=O)C1=C(C)N=c2sc(=Cc3cccc(OCc4ccccc4F)c3)c(=O)n2C1c1ccccc1. The summed E-state index contributed by atoms with van der Waals surface area (Å²) in [6, 6.07) is 22.5. The normalized spacial score (nSPS) is 15.1. The molecule has 8 heteroatoms. The minimum atomic E-state index is -0.649. The smallest absolute Gasteiger partial charge is 0.338 e. The minimum Gasteiger partial charge on any atom is -0.489 e. The lowest BCUT2D eigenvalue weighted by Crippen LogP contribution is -2.39. The van der Waals surface area contributed by atoms with E-state index in [2.05, 4.69) is 4.99 Å². The fraction of sp³-hybridized carbons (Fsp3) is 0.167. The maximum absolute atomic E-state index is 14.0. The Balaban J connectivity index is 1.54. The van der Waals surface area contributed by atoms with Crippen molar-refractivity contribution in [3.8, 4) is 5.75 Å². The number of rotatable bonds is 7. The van der Waals surface area contributed by atoms with E-state index in [4.69, 9.17) is 9.47 Å². The zero-order chi connectivity index (χ0) is 26.6. The van der Waals surface area contributed by atoms with Crippen LogP contribution in [0.2, 0.25) is 0 Å². The van der Waals surface area contributed by atoms with Crippen LogP contribution in [0.15, 0.2) is 99.9 Å². The molecule has 0 spiro atoms. The van der Waals surface area contributed by atoms with Crippen LogP contribution in [0, 0.1) is 5.82 Å². The summed E-state index contributed by atoms with van der Waals surface area (Å²) in [5, 5.41) is 0. The zero-order valence-corrected chi connectivity index (χ0v) is 21.7. The molecule has 1 unspecified atom stereocenters. The third kappa shape index (κ3) is 5.08. The average molecular weight is 529 g/mol. The molecule has 0 bridgehead atoms. The van der Waals surface area contributed by atoms with Gasteiger partial charge in [-0.15, -0.1) is 0 Å². The van der Waals surface area contributed by atoms with Gasteiger partial charge in [-0.1, -0.05) is 72.0 Å². The summed E-state index contributed by atoms with van der Waals surface area (Å²) in [5.41, 5.74) is 2.61. The van der Waals surface area contributed by atoms with Crippen LogP contribution in [0.25, 0.3) is 6.08 Å². The highest BCUT2D eigenvalue weighted by Crippen LogP contribution is 2.30. The van der Waals surface area contributed by atoms with Gasteiger partial charge in [0.05, 0.1) is 28.5 Å². The molecule has 6 nitrogen and oxygen atoms in total. The zero-order valence-electron chi connectivity index (χ0n) is 20.9. The first-order valence-electron chi connectivity index (χ1n) is 12.2. The summed E-state index contributed by atoms with van der Waals surface area (Å²) in [6.07, 6.45) is 1.77. The Labute approximate surface area is 222 Å². The van der Waals surface area contributed by atoms with E-state index in [9.17, 15) is 14.0 Å². The number of nitrogens with zero attached hydrogens (tertiary/aromatic N) is 2. The Bertz CT molecular complexity index is 1710. The van der Waals surface area contributed by atoms with Crippen molar-refractivity contribution in [3.63, 3.8) is 0 Å². The quantitative estimate of drug-likeness (QED) is 0.331. The molecule has 192 valence electrons. The Morgan fingerprint density at radius 1 is 1.08 bits per heavy atom. The Kier molecular flexibility index (Phi) is 7.33. The van der Waals surface area contributed by atoms with Crippen molar-refractivity contribution in [1.29, 1.82) is 0 Å². The lowest BCUT2D eigenvalue weighted by molar-refractivity contribution is -0.139. The molecule has 3 aromatic carbocycles. The Morgan fingerprint density at radius 3 is 2.61 bits per heavy atom. The molecule has 0 amide bonds. The standard InChI is InChI=1S/C30H25FN2O4S/c1-3-36-29(35)26-19(2)32-30-33(27(26)21-11-5-4-6-12-21)28(34)25(38-30)17-20-10-9-14-23(16-20)37-18-22-13-7-8-15-24(22)31/h4-17,27H,3,18H2,1-2H3. The molecule has 1 aliphatic heterocycles. The van der Waals surface area contributed by atoms with E-state index in [1.807, 2.05) is 42.5 Å². The van der Waals surface area contributed by atoms with Gasteiger partial charge >= 0.3 is 5.97 Å². The molecule has 0 fully saturated rings. The summed E-state index contributed by atoms with van der Waals surface area (Å²) in [6.45, 7) is 3.81. The van der Waals surface area contributed by atoms with Gasteiger partial charge in [-0.3, -0.25) is 9.36 Å². The molecule has 0 saturated heterocycles. The first-order chi connectivity index (χ1) is 18.5. The van der Waals surface area contributed by atoms with Crippen molar-refractivity contribution >= 4 is 23.4 Å². The summed E-state index contributed by atoms with van der Waals surface area (Å²) in [5.74, 6) is -0.260. The highest BCUT2D eigenvalue weighted by molar-refractivity contribution is 7.07. The number of esters is 1. The van der Waals surface area contributed by atoms with E-state index < -0.39 is 12.0 Å². The van der Waals surface area contributed by atoms with Crippen LogP contribution in [0.1, 0.15) is 36.6 Å². The van der Waals surface area contributed by atoms with Gasteiger partial charge in [-0.05, 0) is 49.2 Å². The van der Waals surface area contributed by atoms with Crippen molar-refractivity contribution in [1.82, 2.24) is 4.57 Å². The van der Waals surface area contributed by atoms with Gasteiger partial charge in [-0.25, -0.2) is 14.2 Å². The van der Waals surface area contributed by atoms with Gasteiger partial charge in [0.15, 0.2) is 4.80 Å². The molecule has 2 heterocycles. The third-order valence-electron chi connectivity index (χ3n) is 6.14. The number of ether oxygens (including phenoxy) is 2. The summed E-state index contributed by atoms with van der Waals surface area (Å²) in [4.78, 5) is 31.7. The van der Waals surface area contributed by atoms with Crippen LogP contribution in [0.4, 0.5) is 4.39 Å². The maximum Gasteiger partial charge on any atom is 0.338 e. The number of thiazole rings is 1. The van der Waals surface area contributed by atoms with Gasteiger partial charge in [0.1, 0.15) is 18.2 Å². The van der Waals surface area contributed by atoms with E-state index in [0.29, 0.717) is 31.9 Å². The van der Waals surface area contributed by atoms with Crippen LogP contribution in [0.5, 0.6) is 5.75 Å². The number of benzene rings is 3. The van der Waals surface area contributed by atoms with E-state index >= 15 is 0 Å². The summed E-state index contributed by atoms with van der Waals surface area (Å²) >= 11 is 1.26. The van der Waals surface area contributed by atoms with Crippen LogP contribution in [-0.2, 0) is 16.1 Å². The van der Waals surface area contributed by atoms with Crippen molar-refractivity contribution < 1.29 is 18.7 Å². The van der Waals surface area contributed by atoms with Gasteiger partial charge in [-0.2, -0.15) is 0 Å². The fourth-order valence-corrected chi connectivity index (χ4v) is 5.41. The van der Waals surface area contributed by atoms with E-state index in [1.165, 1.54) is 17.4 Å². The molecule has 0 saturated carbocycles. The third-order valence-corrected chi connectivity index (χ3v) is 7.12. The predicted molar refractivity (Wildman–Crippen MR) is 144 cm³/mol. The second-order valence-electron chi connectivity index (χ2n) is 8.67. The van der Waals surface area contributed by atoms with Crippen molar-refractivity contribution in [3.05, 3.63) is 132 Å². The van der Waals surface area contributed by atoms with Gasteiger partial charge in [0, 0.05) is 5.56 Å². The largest absolute Gasteiger partial charge is 0.489 e. The molecule has 5 rings (SSSR count). The summed E-state index contributed by atoms with van der Waals surface area (Å²) < 4.78 is 27.1. The Morgan fingerprint density at radius 2 is 1.84 bits per heavy atom. The van der Waals surface area contributed by atoms with Crippen LogP contribution >= 0.6 is 11.3 Å². The molecular weight excluding hydrogens is 503 g/mol. The summed E-state index contributed by atoms with van der Waals surface area (Å²) in [7, 11) is 0. The molecule has 1 aliphatic rings. The Hall–Kier alpha value is -4.30. The monoisotopic (exact) mass is 528 g/mol. The second kappa shape index (κ2) is 11.0. The molecule has 0 radical (unpaired) electrons. The van der Waals surface area contributed by atoms with Gasteiger partial charge < -0.3 is 9.47 Å². The van der Waals surface area contributed by atoms with E-state index in [-0.39, 0.29) is 24.6 Å².